The first kappa shape index (κ1) is 29.2. The molecule has 0 aromatic heterocycles. The van der Waals surface area contributed by atoms with E-state index in [1.165, 1.54) is 0 Å². The van der Waals surface area contributed by atoms with Crippen LogP contribution in [0.2, 0.25) is 0 Å². The van der Waals surface area contributed by atoms with Crippen molar-refractivity contribution in [3.05, 3.63) is 34.9 Å². The first-order valence-corrected chi connectivity index (χ1v) is 10.0. The molecule has 0 aliphatic carbocycles. The van der Waals surface area contributed by atoms with Gasteiger partial charge < -0.3 is 31.6 Å². The quantitative estimate of drug-likeness (QED) is 0.439. The molecule has 1 atom stereocenters. The molecule has 1 saturated heterocycles. The zero-order chi connectivity index (χ0) is 20.1. The number of fused-ring (bicyclic) bond motifs is 1. The number of carbonyl (C=O) groups excluding carboxylic acids is 2. The molecule has 2 amide bonds. The van der Waals surface area contributed by atoms with Crippen LogP contribution in [0, 0.1) is 11.8 Å². The Kier molecular flexibility index (Phi) is 12.8. The van der Waals surface area contributed by atoms with Crippen LogP contribution in [0.1, 0.15) is 47.2 Å². The van der Waals surface area contributed by atoms with Crippen LogP contribution in [0.15, 0.2) is 18.2 Å². The minimum absolute atomic E-state index is 0. The van der Waals surface area contributed by atoms with E-state index < -0.39 is 11.9 Å². The summed E-state index contributed by atoms with van der Waals surface area (Å²) in [4.78, 5) is 37.8. The number of carboxylic acids is 1. The van der Waals surface area contributed by atoms with Gasteiger partial charge in [0.1, 0.15) is 0 Å². The van der Waals surface area contributed by atoms with E-state index in [0.717, 1.165) is 50.0 Å². The van der Waals surface area contributed by atoms with Crippen molar-refractivity contribution in [2.75, 3.05) is 26.7 Å². The van der Waals surface area contributed by atoms with E-state index in [-0.39, 0.29) is 50.3 Å². The van der Waals surface area contributed by atoms with Crippen molar-refractivity contribution in [2.24, 2.45) is 11.8 Å². The molecule has 0 spiro atoms. The Morgan fingerprint density at radius 3 is 2.48 bits per heavy atom. The molecule has 2 heterocycles. The van der Waals surface area contributed by atoms with Gasteiger partial charge in [0, 0.05) is 25.7 Å². The van der Waals surface area contributed by atoms with Crippen LogP contribution in [-0.4, -0.2) is 54.5 Å². The fraction of sp³-hybridized carbons (Fsp3) is 0.571. The van der Waals surface area contributed by atoms with E-state index in [2.05, 4.69) is 10.6 Å². The average molecular weight is 615 g/mol. The summed E-state index contributed by atoms with van der Waals surface area (Å²) in [6.07, 6.45) is 3.46. The van der Waals surface area contributed by atoms with E-state index in [9.17, 15) is 14.4 Å². The number of nitrogens with zero attached hydrogens (tertiary/aromatic N) is 1. The van der Waals surface area contributed by atoms with E-state index in [4.69, 9.17) is 5.11 Å². The van der Waals surface area contributed by atoms with E-state index in [0.29, 0.717) is 24.4 Å². The van der Waals surface area contributed by atoms with Crippen LogP contribution >= 0.6 is 0 Å². The second-order valence-electron chi connectivity index (χ2n) is 7.91. The molecule has 3 rings (SSSR count). The molecule has 174 valence electrons. The van der Waals surface area contributed by atoms with Gasteiger partial charge in [-0.2, -0.15) is 0 Å². The van der Waals surface area contributed by atoms with Gasteiger partial charge >= 0.3 is 27.0 Å². The number of rotatable bonds is 6. The third kappa shape index (κ3) is 8.00. The fourth-order valence-electron chi connectivity index (χ4n) is 4.05. The summed E-state index contributed by atoms with van der Waals surface area (Å²) in [5, 5.41) is 15.2. The molecular formula is C21H29N3O6Pt. The van der Waals surface area contributed by atoms with Crippen molar-refractivity contribution in [1.29, 1.82) is 0 Å². The van der Waals surface area contributed by atoms with Crippen molar-refractivity contribution in [3.8, 4) is 0 Å². The van der Waals surface area contributed by atoms with Gasteiger partial charge in [0.05, 0.1) is 12.3 Å². The Labute approximate surface area is 196 Å². The van der Waals surface area contributed by atoms with Crippen molar-refractivity contribution < 1.29 is 51.5 Å². The Hall–Kier alpha value is -1.80. The van der Waals surface area contributed by atoms with Gasteiger partial charge in [-0.05, 0) is 68.0 Å². The van der Waals surface area contributed by atoms with E-state index in [1.807, 2.05) is 19.2 Å². The number of piperidine rings is 1. The Bertz CT molecular complexity index is 755. The predicted molar refractivity (Wildman–Crippen MR) is 106 cm³/mol. The predicted octanol–water partition coefficient (Wildman–Crippen LogP) is 1.17. The third-order valence-corrected chi connectivity index (χ3v) is 5.84. The SMILES string of the molecule is CN(CCC1CCNCC1)C(=O)c1ccc2c(c1)C[C@H](CC(=O)O)C(=O)NC2.[O-2].[O-2].[Pt+4]. The number of carbonyl (C=O) groups is 3. The number of hydrogen-bond donors (Lipinski definition) is 3. The zero-order valence-corrected chi connectivity index (χ0v) is 19.8. The molecule has 1 aromatic rings. The molecule has 2 aliphatic heterocycles. The van der Waals surface area contributed by atoms with Gasteiger partial charge in [-0.1, -0.05) is 6.07 Å². The summed E-state index contributed by atoms with van der Waals surface area (Å²) in [5.74, 6) is -1.21. The van der Waals surface area contributed by atoms with Crippen LogP contribution in [-0.2, 0) is 54.6 Å². The van der Waals surface area contributed by atoms with Crippen LogP contribution in [0.5, 0.6) is 0 Å². The maximum absolute atomic E-state index is 12.8. The van der Waals surface area contributed by atoms with Gasteiger partial charge in [-0.3, -0.25) is 14.4 Å². The van der Waals surface area contributed by atoms with Crippen LogP contribution < -0.4 is 10.6 Å². The van der Waals surface area contributed by atoms with Crippen LogP contribution in [0.25, 0.3) is 0 Å². The second kappa shape index (κ2) is 13.6. The maximum atomic E-state index is 12.8. The molecule has 0 unspecified atom stereocenters. The Balaban J connectivity index is 0.00000300. The molecule has 10 heteroatoms. The second-order valence-corrected chi connectivity index (χ2v) is 7.91. The molecule has 0 radical (unpaired) electrons. The smallest absolute Gasteiger partial charge is 2.00 e. The Morgan fingerprint density at radius 2 is 1.84 bits per heavy atom. The summed E-state index contributed by atoms with van der Waals surface area (Å²) in [6, 6.07) is 5.49. The normalized spacial score (nSPS) is 18.1. The molecule has 0 bridgehead atoms. The van der Waals surface area contributed by atoms with Crippen LogP contribution in [0.3, 0.4) is 0 Å². The van der Waals surface area contributed by atoms with Gasteiger partial charge in [0.2, 0.25) is 5.91 Å². The fourth-order valence-corrected chi connectivity index (χ4v) is 4.05. The van der Waals surface area contributed by atoms with Crippen molar-refractivity contribution in [3.63, 3.8) is 0 Å². The van der Waals surface area contributed by atoms with Crippen molar-refractivity contribution in [2.45, 2.75) is 38.6 Å². The summed E-state index contributed by atoms with van der Waals surface area (Å²) >= 11 is 0. The molecule has 31 heavy (non-hydrogen) atoms. The maximum Gasteiger partial charge on any atom is 4.00 e. The minimum atomic E-state index is -0.992. The number of hydrogen-bond acceptors (Lipinski definition) is 4. The zero-order valence-electron chi connectivity index (χ0n) is 17.5. The van der Waals surface area contributed by atoms with Crippen LogP contribution in [0.4, 0.5) is 0 Å². The summed E-state index contributed by atoms with van der Waals surface area (Å²) in [5.41, 5.74) is 2.41. The molecular weight excluding hydrogens is 585 g/mol. The molecule has 1 fully saturated rings. The summed E-state index contributed by atoms with van der Waals surface area (Å²) in [6.45, 7) is 3.20. The first-order valence-electron chi connectivity index (χ1n) is 10.0. The largest absolute Gasteiger partial charge is 4.00 e. The monoisotopic (exact) mass is 614 g/mol. The number of aliphatic carboxylic acids is 1. The van der Waals surface area contributed by atoms with Gasteiger partial charge in [-0.25, -0.2) is 0 Å². The van der Waals surface area contributed by atoms with Gasteiger partial charge in [0.25, 0.3) is 5.91 Å². The average Bonchev–Trinajstić information content (AvgIpc) is 2.84. The minimum Gasteiger partial charge on any atom is -2.00 e. The topological polar surface area (TPSA) is 156 Å². The third-order valence-electron chi connectivity index (χ3n) is 5.84. The van der Waals surface area contributed by atoms with Gasteiger partial charge in [0.15, 0.2) is 0 Å². The Morgan fingerprint density at radius 1 is 1.16 bits per heavy atom. The van der Waals surface area contributed by atoms with Crippen molar-refractivity contribution >= 4 is 17.8 Å². The number of amides is 2. The summed E-state index contributed by atoms with van der Waals surface area (Å²) in [7, 11) is 1.83. The molecule has 2 aliphatic rings. The van der Waals surface area contributed by atoms with Gasteiger partial charge in [-0.15, -0.1) is 0 Å². The van der Waals surface area contributed by atoms with E-state index in [1.54, 1.807) is 11.0 Å². The van der Waals surface area contributed by atoms with E-state index >= 15 is 0 Å². The first-order chi connectivity index (χ1) is 13.4. The molecule has 9 nitrogen and oxygen atoms in total. The van der Waals surface area contributed by atoms with Crippen molar-refractivity contribution in [1.82, 2.24) is 15.5 Å². The standard InChI is InChI=1S/C21H29N3O4.2O.Pt/c1-24(9-6-14-4-7-22-8-5-14)21(28)15-2-3-16-13-23-20(27)18(12-19(25)26)11-17(16)10-15;;;/h2-3,10,14,18,22H,4-9,11-13H2,1H3,(H,23,27)(H,25,26);;;/q;2*-2;+4/t18-;;;/m1.../s1. The molecule has 1 aromatic carbocycles. The number of carboxylic acid groups (broad SMARTS) is 1. The number of nitrogens with one attached hydrogen (secondary N) is 2. The summed E-state index contributed by atoms with van der Waals surface area (Å²) < 4.78 is 0. The molecule has 3 N–H and O–H groups in total. The number of benzene rings is 1. The molecule has 0 saturated carbocycles.